The van der Waals surface area contributed by atoms with Crippen LogP contribution in [-0.4, -0.2) is 70.9 Å². The highest BCUT2D eigenvalue weighted by Crippen LogP contribution is 2.27. The molecular weight excluding hydrogens is 350 g/mol. The monoisotopic (exact) mass is 373 g/mol. The molecule has 0 radical (unpaired) electrons. The topological polar surface area (TPSA) is 78.4 Å². The lowest BCUT2D eigenvalue weighted by Gasteiger charge is -2.34. The van der Waals surface area contributed by atoms with Gasteiger partial charge in [-0.1, -0.05) is 6.07 Å². The van der Waals surface area contributed by atoms with Crippen molar-refractivity contribution in [1.82, 2.24) is 25.1 Å². The number of rotatable bonds is 5. The van der Waals surface area contributed by atoms with Crippen molar-refractivity contribution in [1.29, 1.82) is 0 Å². The molecule has 2 aromatic heterocycles. The summed E-state index contributed by atoms with van der Waals surface area (Å²) in [7, 11) is 0. The molecule has 1 aliphatic rings. The number of aromatic nitrogens is 2. The van der Waals surface area contributed by atoms with Crippen LogP contribution in [0.15, 0.2) is 24.4 Å². The molecule has 0 saturated carbocycles. The molecule has 7 nitrogen and oxygen atoms in total. The van der Waals surface area contributed by atoms with Gasteiger partial charge in [0, 0.05) is 38.9 Å². The third-order valence-corrected chi connectivity index (χ3v) is 5.44. The summed E-state index contributed by atoms with van der Waals surface area (Å²) in [6.07, 6.45) is 1.72. The second-order valence-corrected chi connectivity index (χ2v) is 7.17. The van der Waals surface area contributed by atoms with Crippen LogP contribution in [0.2, 0.25) is 0 Å². The molecule has 0 spiro atoms. The SMILES string of the molecule is CCNC(=O)CN1CCN(C(=O)c2sc(-c3ccccn3)nc2C)CC1. The van der Waals surface area contributed by atoms with E-state index >= 15 is 0 Å². The maximum atomic E-state index is 12.9. The molecule has 2 amide bonds. The second kappa shape index (κ2) is 8.37. The van der Waals surface area contributed by atoms with Crippen LogP contribution in [0, 0.1) is 6.92 Å². The number of hydrogen-bond acceptors (Lipinski definition) is 6. The maximum Gasteiger partial charge on any atom is 0.265 e. The fourth-order valence-corrected chi connectivity index (χ4v) is 3.91. The molecular formula is C18H23N5O2S. The summed E-state index contributed by atoms with van der Waals surface area (Å²) >= 11 is 1.39. The Hall–Kier alpha value is -2.32. The predicted molar refractivity (Wildman–Crippen MR) is 101 cm³/mol. The number of pyridine rings is 1. The van der Waals surface area contributed by atoms with Crippen molar-refractivity contribution in [2.45, 2.75) is 13.8 Å². The molecule has 0 atom stereocenters. The maximum absolute atomic E-state index is 12.9. The highest BCUT2D eigenvalue weighted by atomic mass is 32.1. The number of thiazole rings is 1. The fraction of sp³-hybridized carbons (Fsp3) is 0.444. The van der Waals surface area contributed by atoms with E-state index in [1.54, 1.807) is 6.20 Å². The Kier molecular flexibility index (Phi) is 5.95. The van der Waals surface area contributed by atoms with Gasteiger partial charge in [-0.25, -0.2) is 4.98 Å². The fourth-order valence-electron chi connectivity index (χ4n) is 2.90. The van der Waals surface area contributed by atoms with E-state index < -0.39 is 0 Å². The third kappa shape index (κ3) is 4.25. The average Bonchev–Trinajstić information content (AvgIpc) is 3.04. The van der Waals surface area contributed by atoms with Crippen molar-refractivity contribution < 1.29 is 9.59 Å². The van der Waals surface area contributed by atoms with Gasteiger partial charge in [0.1, 0.15) is 9.88 Å². The minimum absolute atomic E-state index is 0.0137. The third-order valence-electron chi connectivity index (χ3n) is 4.28. The second-order valence-electron chi connectivity index (χ2n) is 6.17. The number of hydrogen-bond donors (Lipinski definition) is 1. The van der Waals surface area contributed by atoms with Crippen LogP contribution in [0.3, 0.4) is 0 Å². The van der Waals surface area contributed by atoms with Crippen LogP contribution < -0.4 is 5.32 Å². The van der Waals surface area contributed by atoms with E-state index in [1.807, 2.05) is 36.9 Å². The van der Waals surface area contributed by atoms with Crippen LogP contribution in [0.5, 0.6) is 0 Å². The van der Waals surface area contributed by atoms with E-state index in [9.17, 15) is 9.59 Å². The number of likely N-dealkylation sites (N-methyl/N-ethyl adjacent to an activating group) is 1. The number of nitrogens with one attached hydrogen (secondary N) is 1. The molecule has 1 aliphatic heterocycles. The Bertz CT molecular complexity index is 769. The van der Waals surface area contributed by atoms with Crippen molar-refractivity contribution in [2.24, 2.45) is 0 Å². The van der Waals surface area contributed by atoms with E-state index in [4.69, 9.17) is 0 Å². The lowest BCUT2D eigenvalue weighted by molar-refractivity contribution is -0.122. The zero-order valence-corrected chi connectivity index (χ0v) is 15.9. The normalized spacial score (nSPS) is 15.1. The summed E-state index contributed by atoms with van der Waals surface area (Å²) in [6, 6.07) is 5.66. The molecule has 3 rings (SSSR count). The van der Waals surface area contributed by atoms with Gasteiger partial charge in [-0.2, -0.15) is 0 Å². The number of carbonyl (C=O) groups excluding carboxylic acids is 2. The molecule has 8 heteroatoms. The molecule has 0 bridgehead atoms. The first kappa shape index (κ1) is 18.5. The number of aryl methyl sites for hydroxylation is 1. The minimum Gasteiger partial charge on any atom is -0.355 e. The smallest absolute Gasteiger partial charge is 0.265 e. The van der Waals surface area contributed by atoms with Crippen LogP contribution in [0.25, 0.3) is 10.7 Å². The van der Waals surface area contributed by atoms with Crippen LogP contribution in [0.4, 0.5) is 0 Å². The first-order valence-corrected chi connectivity index (χ1v) is 9.57. The Morgan fingerprint density at radius 1 is 1.23 bits per heavy atom. The first-order valence-electron chi connectivity index (χ1n) is 8.75. The van der Waals surface area contributed by atoms with Crippen LogP contribution in [0.1, 0.15) is 22.3 Å². The summed E-state index contributed by atoms with van der Waals surface area (Å²) in [4.78, 5) is 38.0. The average molecular weight is 373 g/mol. The summed E-state index contributed by atoms with van der Waals surface area (Å²) in [5, 5.41) is 3.57. The van der Waals surface area contributed by atoms with Crippen molar-refractivity contribution in [3.63, 3.8) is 0 Å². The summed E-state index contributed by atoms with van der Waals surface area (Å²) < 4.78 is 0. The van der Waals surface area contributed by atoms with Gasteiger partial charge in [-0.15, -0.1) is 11.3 Å². The lowest BCUT2D eigenvalue weighted by Crippen LogP contribution is -2.51. The van der Waals surface area contributed by atoms with Gasteiger partial charge in [0.05, 0.1) is 17.9 Å². The van der Waals surface area contributed by atoms with Gasteiger partial charge in [-0.05, 0) is 26.0 Å². The molecule has 3 heterocycles. The molecule has 1 fully saturated rings. The zero-order chi connectivity index (χ0) is 18.5. The van der Waals surface area contributed by atoms with Gasteiger partial charge < -0.3 is 10.2 Å². The molecule has 1 saturated heterocycles. The van der Waals surface area contributed by atoms with Crippen molar-refractivity contribution in [3.05, 3.63) is 35.0 Å². The van der Waals surface area contributed by atoms with E-state index in [1.165, 1.54) is 11.3 Å². The van der Waals surface area contributed by atoms with E-state index in [2.05, 4.69) is 20.2 Å². The largest absolute Gasteiger partial charge is 0.355 e. The highest BCUT2D eigenvalue weighted by molar-refractivity contribution is 7.17. The van der Waals surface area contributed by atoms with E-state index in [0.29, 0.717) is 44.1 Å². The number of amides is 2. The summed E-state index contributed by atoms with van der Waals surface area (Å²) in [6.45, 7) is 7.44. The van der Waals surface area contributed by atoms with Crippen LogP contribution >= 0.6 is 11.3 Å². The van der Waals surface area contributed by atoms with Crippen molar-refractivity contribution in [2.75, 3.05) is 39.3 Å². The Labute approximate surface area is 157 Å². The Balaban J connectivity index is 1.62. The number of carbonyl (C=O) groups is 2. The zero-order valence-electron chi connectivity index (χ0n) is 15.1. The molecule has 0 aromatic carbocycles. The minimum atomic E-state index is 0.0137. The lowest BCUT2D eigenvalue weighted by atomic mass is 10.2. The summed E-state index contributed by atoms with van der Waals surface area (Å²) in [5.41, 5.74) is 1.52. The molecule has 1 N–H and O–H groups in total. The summed E-state index contributed by atoms with van der Waals surface area (Å²) in [5.74, 6) is 0.0467. The van der Waals surface area contributed by atoms with E-state index in [0.717, 1.165) is 16.4 Å². The van der Waals surface area contributed by atoms with Gasteiger partial charge in [0.25, 0.3) is 5.91 Å². The number of piperazine rings is 1. The first-order chi connectivity index (χ1) is 12.6. The van der Waals surface area contributed by atoms with Crippen molar-refractivity contribution in [3.8, 4) is 10.7 Å². The van der Waals surface area contributed by atoms with Gasteiger partial charge >= 0.3 is 0 Å². The Morgan fingerprint density at radius 3 is 2.65 bits per heavy atom. The van der Waals surface area contributed by atoms with Crippen molar-refractivity contribution >= 4 is 23.2 Å². The molecule has 2 aromatic rings. The molecule has 138 valence electrons. The van der Waals surface area contributed by atoms with Gasteiger partial charge in [-0.3, -0.25) is 19.5 Å². The van der Waals surface area contributed by atoms with Crippen LogP contribution in [-0.2, 0) is 4.79 Å². The molecule has 0 aliphatic carbocycles. The molecule has 0 unspecified atom stereocenters. The predicted octanol–water partition coefficient (Wildman–Crippen LogP) is 1.41. The Morgan fingerprint density at radius 2 is 2.00 bits per heavy atom. The quantitative estimate of drug-likeness (QED) is 0.857. The number of nitrogens with zero attached hydrogens (tertiary/aromatic N) is 4. The van der Waals surface area contributed by atoms with Gasteiger partial charge in [0.2, 0.25) is 5.91 Å². The van der Waals surface area contributed by atoms with E-state index in [-0.39, 0.29) is 11.8 Å². The molecule has 26 heavy (non-hydrogen) atoms. The standard InChI is InChI=1S/C18H23N5O2S/c1-3-19-15(24)12-22-8-10-23(11-9-22)18(25)16-13(2)21-17(26-16)14-6-4-5-7-20-14/h4-7H,3,8-12H2,1-2H3,(H,19,24). The highest BCUT2D eigenvalue weighted by Gasteiger charge is 2.26. The van der Waals surface area contributed by atoms with Gasteiger partial charge in [0.15, 0.2) is 0 Å².